The van der Waals surface area contributed by atoms with Gasteiger partial charge < -0.3 is 29.1 Å². The van der Waals surface area contributed by atoms with Crippen molar-refractivity contribution in [1.82, 2.24) is 19.4 Å². The van der Waals surface area contributed by atoms with Gasteiger partial charge in [-0.2, -0.15) is 4.39 Å². The summed E-state index contributed by atoms with van der Waals surface area (Å²) in [4.78, 5) is 37.0. The van der Waals surface area contributed by atoms with E-state index in [2.05, 4.69) is 19.8 Å². The van der Waals surface area contributed by atoms with Crippen LogP contribution in [0.15, 0.2) is 53.7 Å². The van der Waals surface area contributed by atoms with E-state index in [0.717, 1.165) is 36.7 Å². The Morgan fingerprint density at radius 1 is 1.18 bits per heavy atom. The molecule has 2 aliphatic heterocycles. The Balaban J connectivity index is 1.39. The Hall–Kier alpha value is -4.65. The fraction of sp³-hybridized carbons (Fsp3) is 0.387. The predicted molar refractivity (Wildman–Crippen MR) is 159 cm³/mol. The van der Waals surface area contributed by atoms with Crippen molar-refractivity contribution in [2.75, 3.05) is 25.1 Å². The quantitative estimate of drug-likeness (QED) is 0.202. The standard InChI is InChI=1S/C31H32F2N6O5/c1-18-19(2)44-31-28(33)25(32)12-24-29(31)38(18)16-21(30(24)40)15-37(14-20-8-9-34-27(11-20)43-3)23-5-4-10-36(17-23)22-6-7-26(35-13-22)39(41)42/h6-9,11-13,16,18-19,23H,4-5,10,14-15,17H2,1-3H3/t18?,19?,23-/m0/s1. The molecule has 1 fully saturated rings. The molecular weight excluding hydrogens is 574 g/mol. The van der Waals surface area contributed by atoms with Gasteiger partial charge >= 0.3 is 5.82 Å². The van der Waals surface area contributed by atoms with Gasteiger partial charge in [0.1, 0.15) is 6.10 Å². The second-order valence-corrected chi connectivity index (χ2v) is 11.3. The van der Waals surface area contributed by atoms with Crippen LogP contribution in [0.25, 0.3) is 10.9 Å². The molecule has 0 bridgehead atoms. The lowest BCUT2D eigenvalue weighted by Crippen LogP contribution is -2.48. The van der Waals surface area contributed by atoms with E-state index in [9.17, 15) is 23.7 Å². The first-order valence-corrected chi connectivity index (χ1v) is 14.4. The van der Waals surface area contributed by atoms with E-state index in [0.29, 0.717) is 24.5 Å². The van der Waals surface area contributed by atoms with Gasteiger partial charge in [-0.3, -0.25) is 9.69 Å². The topological polar surface area (TPSA) is 116 Å². The molecule has 0 saturated carbocycles. The lowest BCUT2D eigenvalue weighted by Gasteiger charge is -2.40. The summed E-state index contributed by atoms with van der Waals surface area (Å²) in [7, 11) is 1.55. The Kier molecular flexibility index (Phi) is 7.89. The lowest BCUT2D eigenvalue weighted by molar-refractivity contribution is -0.389. The third kappa shape index (κ3) is 5.43. The Bertz CT molecular complexity index is 1780. The van der Waals surface area contributed by atoms with E-state index in [4.69, 9.17) is 9.47 Å². The van der Waals surface area contributed by atoms with Crippen LogP contribution in [-0.4, -0.2) is 56.7 Å². The minimum absolute atomic E-state index is 0.0187. The van der Waals surface area contributed by atoms with Crippen LogP contribution in [0.1, 0.15) is 43.9 Å². The van der Waals surface area contributed by atoms with Crippen molar-refractivity contribution in [3.8, 4) is 11.6 Å². The fourth-order valence-electron chi connectivity index (χ4n) is 6.13. The van der Waals surface area contributed by atoms with Crippen molar-refractivity contribution in [3.05, 3.63) is 92.0 Å². The number of aromatic nitrogens is 3. The maximum absolute atomic E-state index is 14.8. The summed E-state index contributed by atoms with van der Waals surface area (Å²) in [5.74, 6) is -2.23. The van der Waals surface area contributed by atoms with Crippen LogP contribution in [0.5, 0.6) is 11.6 Å². The molecule has 11 nitrogen and oxygen atoms in total. The summed E-state index contributed by atoms with van der Waals surface area (Å²) in [6.07, 6.45) is 6.16. The normalized spacial score (nSPS) is 19.7. The third-order valence-corrected chi connectivity index (χ3v) is 8.63. The molecule has 3 atom stereocenters. The zero-order valence-electron chi connectivity index (χ0n) is 24.6. The number of piperidine rings is 1. The van der Waals surface area contributed by atoms with E-state index >= 15 is 0 Å². The number of benzene rings is 1. The van der Waals surface area contributed by atoms with Crippen LogP contribution < -0.4 is 19.8 Å². The number of hydrogen-bond donors (Lipinski definition) is 0. The number of ether oxygens (including phenoxy) is 2. The molecule has 6 rings (SSSR count). The van der Waals surface area contributed by atoms with E-state index in [-0.39, 0.29) is 46.5 Å². The highest BCUT2D eigenvalue weighted by molar-refractivity contribution is 5.86. The molecule has 1 saturated heterocycles. The number of nitrogens with zero attached hydrogens (tertiary/aromatic N) is 6. The van der Waals surface area contributed by atoms with Crippen LogP contribution in [0.3, 0.4) is 0 Å². The van der Waals surface area contributed by atoms with Crippen molar-refractivity contribution >= 4 is 22.4 Å². The molecule has 0 aliphatic carbocycles. The average molecular weight is 607 g/mol. The third-order valence-electron chi connectivity index (χ3n) is 8.63. The summed E-state index contributed by atoms with van der Waals surface area (Å²) in [6.45, 7) is 5.75. The second kappa shape index (κ2) is 11.8. The van der Waals surface area contributed by atoms with Gasteiger partial charge in [-0.1, -0.05) is 0 Å². The van der Waals surface area contributed by atoms with Crippen LogP contribution in [0.4, 0.5) is 20.3 Å². The largest absolute Gasteiger partial charge is 0.483 e. The molecule has 5 heterocycles. The maximum Gasteiger partial charge on any atom is 0.363 e. The molecule has 0 radical (unpaired) electrons. The van der Waals surface area contributed by atoms with E-state index in [1.54, 1.807) is 32.5 Å². The minimum atomic E-state index is -1.13. The number of rotatable bonds is 8. The molecule has 4 aromatic rings. The molecular formula is C31H32F2N6O5. The zero-order valence-corrected chi connectivity index (χ0v) is 24.6. The van der Waals surface area contributed by atoms with Crippen molar-refractivity contribution in [2.45, 2.75) is 58.0 Å². The van der Waals surface area contributed by atoms with Gasteiger partial charge in [0, 0.05) is 62.3 Å². The van der Waals surface area contributed by atoms with Crippen LogP contribution >= 0.6 is 0 Å². The van der Waals surface area contributed by atoms with Crippen molar-refractivity contribution in [2.24, 2.45) is 0 Å². The summed E-state index contributed by atoms with van der Waals surface area (Å²) < 4.78 is 42.4. The molecule has 1 aromatic carbocycles. The minimum Gasteiger partial charge on any atom is -0.483 e. The van der Waals surface area contributed by atoms with Crippen LogP contribution in [-0.2, 0) is 13.1 Å². The maximum atomic E-state index is 14.8. The fourth-order valence-corrected chi connectivity index (χ4v) is 6.13. The summed E-state index contributed by atoms with van der Waals surface area (Å²) in [5.41, 5.74) is 2.02. The van der Waals surface area contributed by atoms with Gasteiger partial charge in [0.25, 0.3) is 0 Å². The van der Waals surface area contributed by atoms with Gasteiger partial charge in [-0.25, -0.2) is 9.37 Å². The number of halogens is 2. The molecule has 13 heteroatoms. The SMILES string of the molecule is COc1cc(CN(Cc2cn3c4c(c(F)c(F)cc4c2=O)OC(C)C3C)[C@H]2CCCN(c3ccc([N+](=O)[O-])nc3)C2)ccn1. The highest BCUT2D eigenvalue weighted by atomic mass is 19.2. The number of anilines is 1. The van der Waals surface area contributed by atoms with E-state index in [1.807, 2.05) is 23.6 Å². The lowest BCUT2D eigenvalue weighted by atomic mass is 10.0. The first-order valence-electron chi connectivity index (χ1n) is 14.4. The Morgan fingerprint density at radius 3 is 2.73 bits per heavy atom. The van der Waals surface area contributed by atoms with Crippen molar-refractivity contribution in [1.29, 1.82) is 0 Å². The van der Waals surface area contributed by atoms with Crippen molar-refractivity contribution in [3.63, 3.8) is 0 Å². The monoisotopic (exact) mass is 606 g/mol. The number of hydrogen-bond acceptors (Lipinski definition) is 9. The van der Waals surface area contributed by atoms with Gasteiger partial charge in [0.2, 0.25) is 11.7 Å². The second-order valence-electron chi connectivity index (χ2n) is 11.3. The smallest absolute Gasteiger partial charge is 0.363 e. The first kappa shape index (κ1) is 29.4. The molecule has 44 heavy (non-hydrogen) atoms. The summed E-state index contributed by atoms with van der Waals surface area (Å²) in [5, 5.41) is 11.2. The van der Waals surface area contributed by atoms with E-state index < -0.39 is 22.7 Å². The first-order chi connectivity index (χ1) is 21.1. The average Bonchev–Trinajstić information content (AvgIpc) is 3.03. The number of pyridine rings is 3. The molecule has 2 aliphatic rings. The van der Waals surface area contributed by atoms with Gasteiger partial charge in [-0.15, -0.1) is 0 Å². The number of methoxy groups -OCH3 is 1. The molecule has 0 N–H and O–H groups in total. The highest BCUT2D eigenvalue weighted by Crippen LogP contribution is 2.38. The molecule has 230 valence electrons. The molecule has 0 spiro atoms. The Labute approximate surface area is 251 Å². The molecule has 0 amide bonds. The van der Waals surface area contributed by atoms with Crippen LogP contribution in [0.2, 0.25) is 0 Å². The highest BCUT2D eigenvalue weighted by Gasteiger charge is 2.32. The van der Waals surface area contributed by atoms with Gasteiger partial charge in [-0.05, 0) is 60.4 Å². The summed E-state index contributed by atoms with van der Waals surface area (Å²) in [6, 6.07) is 7.53. The van der Waals surface area contributed by atoms with Crippen LogP contribution in [0, 0.1) is 21.7 Å². The predicted octanol–water partition coefficient (Wildman–Crippen LogP) is 5.00. The summed E-state index contributed by atoms with van der Waals surface area (Å²) >= 11 is 0. The number of nitro groups is 1. The van der Waals surface area contributed by atoms with Crippen molar-refractivity contribution < 1.29 is 23.2 Å². The van der Waals surface area contributed by atoms with Gasteiger partial charge in [0.05, 0.1) is 29.7 Å². The van der Waals surface area contributed by atoms with E-state index in [1.165, 1.54) is 12.3 Å². The zero-order chi connectivity index (χ0) is 31.1. The van der Waals surface area contributed by atoms with Gasteiger partial charge in [0.15, 0.2) is 23.2 Å². The Morgan fingerprint density at radius 2 is 2.00 bits per heavy atom. The molecule has 2 unspecified atom stereocenters. The molecule has 3 aromatic heterocycles.